The van der Waals surface area contributed by atoms with Gasteiger partial charge < -0.3 is 4.74 Å². The standard InChI is InChI=1S/C19H23NO4S/c21-25(22,24-15-18-9-5-2-6-10-18)16-19-14-20(11-12-23-19)13-17-7-3-1-4-8-17/h1-10,19H,11-16H2/t19-/m1/s1. The van der Waals surface area contributed by atoms with E-state index in [1.54, 1.807) is 0 Å². The fourth-order valence-corrected chi connectivity index (χ4v) is 3.94. The molecule has 1 aliphatic heterocycles. The summed E-state index contributed by atoms with van der Waals surface area (Å²) in [5, 5.41) is 0. The van der Waals surface area contributed by atoms with Crippen LogP contribution in [0.4, 0.5) is 0 Å². The van der Waals surface area contributed by atoms with Crippen molar-refractivity contribution in [3.05, 3.63) is 71.8 Å². The van der Waals surface area contributed by atoms with Crippen LogP contribution in [0, 0.1) is 0 Å². The molecule has 1 atom stereocenters. The maximum Gasteiger partial charge on any atom is 0.270 e. The quantitative estimate of drug-likeness (QED) is 0.709. The zero-order chi connectivity index (χ0) is 17.5. The first-order valence-electron chi connectivity index (χ1n) is 8.40. The van der Waals surface area contributed by atoms with Crippen molar-refractivity contribution in [3.63, 3.8) is 0 Å². The number of benzene rings is 2. The topological polar surface area (TPSA) is 55.8 Å². The SMILES string of the molecule is O=S(=O)(C[C@H]1CN(Cc2ccccc2)CCO1)OCc1ccccc1. The normalized spacial score (nSPS) is 19.0. The Hall–Kier alpha value is -1.73. The van der Waals surface area contributed by atoms with Crippen molar-refractivity contribution in [1.82, 2.24) is 4.90 Å². The molecular formula is C19H23NO4S. The fraction of sp³-hybridized carbons (Fsp3) is 0.368. The predicted molar refractivity (Wildman–Crippen MR) is 96.5 cm³/mol. The summed E-state index contributed by atoms with van der Waals surface area (Å²) >= 11 is 0. The van der Waals surface area contributed by atoms with Gasteiger partial charge in [0.25, 0.3) is 10.1 Å². The Morgan fingerprint density at radius 2 is 1.64 bits per heavy atom. The minimum Gasteiger partial charge on any atom is -0.374 e. The number of ether oxygens (including phenoxy) is 1. The first-order valence-corrected chi connectivity index (χ1v) is 9.97. The number of hydrogen-bond acceptors (Lipinski definition) is 5. The van der Waals surface area contributed by atoms with Crippen LogP contribution < -0.4 is 0 Å². The van der Waals surface area contributed by atoms with Crippen LogP contribution in [0.15, 0.2) is 60.7 Å². The minimum atomic E-state index is -3.63. The lowest BCUT2D eigenvalue weighted by Crippen LogP contribution is -2.45. The summed E-state index contributed by atoms with van der Waals surface area (Å²) in [6.07, 6.45) is -0.363. The van der Waals surface area contributed by atoms with Crippen molar-refractivity contribution in [2.45, 2.75) is 19.3 Å². The summed E-state index contributed by atoms with van der Waals surface area (Å²) in [6.45, 7) is 2.78. The summed E-state index contributed by atoms with van der Waals surface area (Å²) < 4.78 is 35.2. The van der Waals surface area contributed by atoms with Gasteiger partial charge in [-0.3, -0.25) is 9.08 Å². The van der Waals surface area contributed by atoms with Crippen LogP contribution in [-0.4, -0.2) is 44.9 Å². The monoisotopic (exact) mass is 361 g/mol. The van der Waals surface area contributed by atoms with Gasteiger partial charge in [0.15, 0.2) is 0 Å². The molecule has 5 nitrogen and oxygen atoms in total. The van der Waals surface area contributed by atoms with Gasteiger partial charge in [-0.15, -0.1) is 0 Å². The second-order valence-electron chi connectivity index (χ2n) is 6.19. The fourth-order valence-electron chi connectivity index (χ4n) is 2.87. The Kier molecular flexibility index (Phi) is 6.20. The molecule has 134 valence electrons. The lowest BCUT2D eigenvalue weighted by molar-refractivity contribution is -0.0204. The predicted octanol–water partition coefficient (Wildman–Crippen LogP) is 2.43. The smallest absolute Gasteiger partial charge is 0.270 e. The van der Waals surface area contributed by atoms with E-state index in [1.807, 2.05) is 48.5 Å². The summed E-state index contributed by atoms with van der Waals surface area (Å²) in [4.78, 5) is 2.22. The molecule has 1 heterocycles. The summed E-state index contributed by atoms with van der Waals surface area (Å²) in [5.74, 6) is -0.120. The van der Waals surface area contributed by atoms with Gasteiger partial charge in [-0.25, -0.2) is 0 Å². The van der Waals surface area contributed by atoms with Gasteiger partial charge in [0.2, 0.25) is 0 Å². The highest BCUT2D eigenvalue weighted by atomic mass is 32.2. The third-order valence-electron chi connectivity index (χ3n) is 4.11. The molecule has 0 unspecified atom stereocenters. The maximum atomic E-state index is 12.2. The molecule has 0 aromatic heterocycles. The Bertz CT molecular complexity index is 750. The molecule has 1 aliphatic rings. The first kappa shape index (κ1) is 18.1. The lowest BCUT2D eigenvalue weighted by Gasteiger charge is -2.32. The van der Waals surface area contributed by atoms with E-state index in [1.165, 1.54) is 5.56 Å². The molecule has 25 heavy (non-hydrogen) atoms. The van der Waals surface area contributed by atoms with Gasteiger partial charge >= 0.3 is 0 Å². The first-order chi connectivity index (χ1) is 12.1. The molecule has 0 radical (unpaired) electrons. The maximum absolute atomic E-state index is 12.2. The van der Waals surface area contributed by atoms with Crippen molar-refractivity contribution in [2.75, 3.05) is 25.4 Å². The summed E-state index contributed by atoms with van der Waals surface area (Å²) in [5.41, 5.74) is 2.05. The Morgan fingerprint density at radius 1 is 1.00 bits per heavy atom. The van der Waals surface area contributed by atoms with Crippen molar-refractivity contribution >= 4 is 10.1 Å². The Labute approximate surface area is 149 Å². The van der Waals surface area contributed by atoms with E-state index >= 15 is 0 Å². The highest BCUT2D eigenvalue weighted by molar-refractivity contribution is 7.86. The largest absolute Gasteiger partial charge is 0.374 e. The van der Waals surface area contributed by atoms with Crippen LogP contribution in [0.2, 0.25) is 0 Å². The second kappa shape index (κ2) is 8.58. The minimum absolute atomic E-state index is 0.0591. The van der Waals surface area contributed by atoms with Crippen molar-refractivity contribution in [2.24, 2.45) is 0 Å². The van der Waals surface area contributed by atoms with Gasteiger partial charge in [0.05, 0.1) is 19.3 Å². The van der Waals surface area contributed by atoms with Crippen LogP contribution in [0.1, 0.15) is 11.1 Å². The van der Waals surface area contributed by atoms with Crippen molar-refractivity contribution in [3.8, 4) is 0 Å². The summed E-state index contributed by atoms with van der Waals surface area (Å²) in [7, 11) is -3.63. The van der Waals surface area contributed by atoms with E-state index in [4.69, 9.17) is 8.92 Å². The van der Waals surface area contributed by atoms with E-state index in [-0.39, 0.29) is 18.5 Å². The molecule has 1 fully saturated rings. The van der Waals surface area contributed by atoms with Gasteiger partial charge in [0, 0.05) is 19.6 Å². The van der Waals surface area contributed by atoms with E-state index in [0.717, 1.165) is 18.7 Å². The molecular weight excluding hydrogens is 338 g/mol. The number of hydrogen-bond donors (Lipinski definition) is 0. The second-order valence-corrected chi connectivity index (χ2v) is 7.87. The molecule has 0 saturated carbocycles. The van der Waals surface area contributed by atoms with Gasteiger partial charge in [0.1, 0.15) is 5.75 Å². The van der Waals surface area contributed by atoms with Crippen molar-refractivity contribution in [1.29, 1.82) is 0 Å². The average Bonchev–Trinajstić information content (AvgIpc) is 2.62. The lowest BCUT2D eigenvalue weighted by atomic mass is 10.2. The third-order valence-corrected chi connectivity index (χ3v) is 5.37. The van der Waals surface area contributed by atoms with Crippen LogP contribution in [-0.2, 0) is 32.2 Å². The van der Waals surface area contributed by atoms with Crippen LogP contribution in [0.25, 0.3) is 0 Å². The van der Waals surface area contributed by atoms with Crippen molar-refractivity contribution < 1.29 is 17.3 Å². The molecule has 1 saturated heterocycles. The van der Waals surface area contributed by atoms with E-state index in [0.29, 0.717) is 13.2 Å². The average molecular weight is 361 g/mol. The molecule has 6 heteroatoms. The van der Waals surface area contributed by atoms with Crippen LogP contribution >= 0.6 is 0 Å². The van der Waals surface area contributed by atoms with Gasteiger partial charge in [-0.2, -0.15) is 8.42 Å². The van der Waals surface area contributed by atoms with Gasteiger partial charge in [-0.05, 0) is 11.1 Å². The molecule has 2 aromatic rings. The molecule has 3 rings (SSSR count). The summed E-state index contributed by atoms with van der Waals surface area (Å²) in [6, 6.07) is 19.4. The molecule has 0 amide bonds. The third kappa shape index (κ3) is 5.93. The molecule has 0 aliphatic carbocycles. The van der Waals surface area contributed by atoms with E-state index in [9.17, 15) is 8.42 Å². The van der Waals surface area contributed by atoms with Crippen LogP contribution in [0.3, 0.4) is 0 Å². The molecule has 2 aromatic carbocycles. The zero-order valence-electron chi connectivity index (χ0n) is 14.1. The molecule has 0 spiro atoms. The Morgan fingerprint density at radius 3 is 2.32 bits per heavy atom. The van der Waals surface area contributed by atoms with E-state index in [2.05, 4.69) is 17.0 Å². The highest BCUT2D eigenvalue weighted by Crippen LogP contribution is 2.13. The number of morpholine rings is 1. The number of nitrogens with zero attached hydrogens (tertiary/aromatic N) is 1. The van der Waals surface area contributed by atoms with Gasteiger partial charge in [-0.1, -0.05) is 60.7 Å². The van der Waals surface area contributed by atoms with Crippen LogP contribution in [0.5, 0.6) is 0 Å². The van der Waals surface area contributed by atoms with E-state index < -0.39 is 10.1 Å². The molecule has 0 bridgehead atoms. The highest BCUT2D eigenvalue weighted by Gasteiger charge is 2.26. The molecule has 0 N–H and O–H groups in total. The number of rotatable bonds is 7. The Balaban J connectivity index is 1.51. The zero-order valence-corrected chi connectivity index (χ0v) is 14.9.